The summed E-state index contributed by atoms with van der Waals surface area (Å²) in [4.78, 5) is 1.03. The molecule has 5 rings (SSSR count). The Morgan fingerprint density at radius 2 is 2.11 bits per heavy atom. The van der Waals surface area contributed by atoms with Crippen LogP contribution in [0.2, 0.25) is 0 Å². The maximum Gasteiger partial charge on any atom is 0.140 e. The van der Waals surface area contributed by atoms with Gasteiger partial charge in [0.1, 0.15) is 6.23 Å². The average Bonchev–Trinajstić information content (AvgIpc) is 3.00. The summed E-state index contributed by atoms with van der Waals surface area (Å²) in [6.07, 6.45) is 6.01. The van der Waals surface area contributed by atoms with Crippen molar-refractivity contribution in [1.82, 2.24) is 15.1 Å². The van der Waals surface area contributed by atoms with E-state index in [0.717, 1.165) is 23.3 Å². The number of aromatic nitrogens is 2. The van der Waals surface area contributed by atoms with Crippen molar-refractivity contribution < 1.29 is 5.11 Å². The Morgan fingerprint density at radius 1 is 1.26 bits per heavy atom. The number of benzene rings is 1. The molecule has 2 aliphatic carbocycles. The Morgan fingerprint density at radius 3 is 2.89 bits per heavy atom. The van der Waals surface area contributed by atoms with Crippen LogP contribution in [0.15, 0.2) is 41.9 Å². The van der Waals surface area contributed by atoms with Gasteiger partial charge in [0.25, 0.3) is 0 Å². The first kappa shape index (κ1) is 17.2. The summed E-state index contributed by atoms with van der Waals surface area (Å²) in [5.74, 6) is 0. The van der Waals surface area contributed by atoms with Crippen LogP contribution in [0.1, 0.15) is 52.8 Å². The minimum atomic E-state index is -0.578. The van der Waals surface area contributed by atoms with Crippen LogP contribution < -0.4 is 5.32 Å². The standard InChI is InChI=1S/C22H25N3OS/c1-14-6-3-4-7-17(14)25-18-8-5-10-22(16(18)13-23-25)12-19(22)24-21(26)20-15(2)9-11-27-20/h3-4,6-7,9,11,13,19,21,24,26H,5,8,10,12H2,1-2H3. The molecule has 1 saturated carbocycles. The Balaban J connectivity index is 1.43. The molecule has 3 atom stereocenters. The second-order valence-corrected chi connectivity index (χ2v) is 8.95. The van der Waals surface area contributed by atoms with Crippen molar-refractivity contribution >= 4 is 11.3 Å². The Labute approximate surface area is 163 Å². The van der Waals surface area contributed by atoms with Gasteiger partial charge in [-0.3, -0.25) is 5.32 Å². The smallest absolute Gasteiger partial charge is 0.140 e. The maximum atomic E-state index is 10.7. The van der Waals surface area contributed by atoms with Crippen molar-refractivity contribution in [3.63, 3.8) is 0 Å². The third-order valence-electron chi connectivity index (χ3n) is 6.37. The molecule has 0 amide bonds. The summed E-state index contributed by atoms with van der Waals surface area (Å²) < 4.78 is 2.14. The van der Waals surface area contributed by atoms with Crippen molar-refractivity contribution in [2.45, 2.75) is 57.2 Å². The van der Waals surface area contributed by atoms with Gasteiger partial charge in [-0.2, -0.15) is 5.10 Å². The van der Waals surface area contributed by atoms with E-state index in [0.29, 0.717) is 6.04 Å². The summed E-state index contributed by atoms with van der Waals surface area (Å²) in [6.45, 7) is 4.20. The minimum absolute atomic E-state index is 0.140. The zero-order chi connectivity index (χ0) is 18.6. The number of aliphatic hydroxyl groups is 1. The van der Waals surface area contributed by atoms with Crippen LogP contribution in [0.25, 0.3) is 5.69 Å². The van der Waals surface area contributed by atoms with Gasteiger partial charge >= 0.3 is 0 Å². The van der Waals surface area contributed by atoms with Crippen molar-refractivity contribution in [2.24, 2.45) is 0 Å². The van der Waals surface area contributed by atoms with Crippen LogP contribution in [0.4, 0.5) is 0 Å². The van der Waals surface area contributed by atoms with E-state index in [1.807, 2.05) is 5.38 Å². The maximum absolute atomic E-state index is 10.7. The first-order valence-electron chi connectivity index (χ1n) is 9.72. The van der Waals surface area contributed by atoms with Crippen molar-refractivity contribution in [1.29, 1.82) is 0 Å². The number of fused-ring (bicyclic) bond motifs is 2. The van der Waals surface area contributed by atoms with Crippen LogP contribution in [0.5, 0.6) is 0 Å². The van der Waals surface area contributed by atoms with E-state index in [-0.39, 0.29) is 5.41 Å². The summed E-state index contributed by atoms with van der Waals surface area (Å²) in [5, 5.41) is 21.0. The zero-order valence-corrected chi connectivity index (χ0v) is 16.6. The molecule has 5 heteroatoms. The van der Waals surface area contributed by atoms with Gasteiger partial charge < -0.3 is 5.11 Å². The number of aryl methyl sites for hydroxylation is 2. The highest BCUT2D eigenvalue weighted by Crippen LogP contribution is 2.56. The highest BCUT2D eigenvalue weighted by Gasteiger charge is 2.58. The molecule has 0 bridgehead atoms. The predicted molar refractivity (Wildman–Crippen MR) is 108 cm³/mol. The topological polar surface area (TPSA) is 50.1 Å². The van der Waals surface area contributed by atoms with Crippen molar-refractivity contribution in [3.8, 4) is 5.69 Å². The van der Waals surface area contributed by atoms with E-state index in [1.165, 1.54) is 35.3 Å². The summed E-state index contributed by atoms with van der Waals surface area (Å²) in [6, 6.07) is 10.8. The third kappa shape index (κ3) is 2.68. The van der Waals surface area contributed by atoms with Crippen molar-refractivity contribution in [2.75, 3.05) is 0 Å². The van der Waals surface area contributed by atoms with E-state index in [4.69, 9.17) is 5.10 Å². The largest absolute Gasteiger partial charge is 0.373 e. The molecular weight excluding hydrogens is 354 g/mol. The molecule has 140 valence electrons. The number of para-hydroxylation sites is 1. The first-order chi connectivity index (χ1) is 13.1. The molecule has 0 saturated heterocycles. The molecule has 2 aromatic heterocycles. The lowest BCUT2D eigenvalue weighted by Crippen LogP contribution is -2.31. The Kier molecular flexibility index (Phi) is 4.00. The van der Waals surface area contributed by atoms with E-state index in [9.17, 15) is 5.11 Å². The predicted octanol–water partition coefficient (Wildman–Crippen LogP) is 4.18. The van der Waals surface area contributed by atoms with Crippen LogP contribution in [-0.2, 0) is 11.8 Å². The molecular formula is C22H25N3OS. The number of rotatable bonds is 4. The SMILES string of the molecule is Cc1ccccc1-n1ncc2c1CCCC21CC1NC(O)c1sccc1C. The second kappa shape index (κ2) is 6.30. The van der Waals surface area contributed by atoms with Gasteiger partial charge in [0.2, 0.25) is 0 Å². The van der Waals surface area contributed by atoms with Crippen molar-refractivity contribution in [3.05, 3.63) is 69.2 Å². The fraction of sp³-hybridized carbons (Fsp3) is 0.409. The quantitative estimate of drug-likeness (QED) is 0.669. The lowest BCUT2D eigenvalue weighted by Gasteiger charge is -2.25. The molecule has 27 heavy (non-hydrogen) atoms. The first-order valence-corrected chi connectivity index (χ1v) is 10.6. The molecule has 2 N–H and O–H groups in total. The normalized spacial score (nSPS) is 24.8. The number of hydrogen-bond donors (Lipinski definition) is 2. The van der Waals surface area contributed by atoms with Gasteiger partial charge in [-0.15, -0.1) is 11.3 Å². The van der Waals surface area contributed by atoms with Crippen LogP contribution in [-0.4, -0.2) is 20.9 Å². The number of nitrogens with one attached hydrogen (secondary N) is 1. The van der Waals surface area contributed by atoms with Gasteiger partial charge in [0.15, 0.2) is 0 Å². The molecule has 3 unspecified atom stereocenters. The Hall–Kier alpha value is -1.95. The molecule has 1 aromatic carbocycles. The van der Waals surface area contributed by atoms with E-state index in [1.54, 1.807) is 11.3 Å². The van der Waals surface area contributed by atoms with Gasteiger partial charge in [-0.05, 0) is 68.2 Å². The fourth-order valence-corrected chi connectivity index (χ4v) is 5.64. The number of thiophene rings is 1. The molecule has 1 spiro atoms. The summed E-state index contributed by atoms with van der Waals surface area (Å²) in [5.41, 5.74) is 6.45. The van der Waals surface area contributed by atoms with Gasteiger partial charge in [0, 0.05) is 22.7 Å². The lowest BCUT2D eigenvalue weighted by molar-refractivity contribution is 0.136. The average molecular weight is 380 g/mol. The van der Waals surface area contributed by atoms with E-state index < -0.39 is 6.23 Å². The highest BCUT2D eigenvalue weighted by molar-refractivity contribution is 7.10. The molecule has 4 nitrogen and oxygen atoms in total. The van der Waals surface area contributed by atoms with Crippen LogP contribution in [0, 0.1) is 13.8 Å². The molecule has 1 fully saturated rings. The fourth-order valence-electron chi connectivity index (χ4n) is 4.77. The van der Waals surface area contributed by atoms with Crippen LogP contribution >= 0.6 is 11.3 Å². The monoisotopic (exact) mass is 379 g/mol. The van der Waals surface area contributed by atoms with Gasteiger partial charge in [-0.1, -0.05) is 18.2 Å². The highest BCUT2D eigenvalue weighted by atomic mass is 32.1. The minimum Gasteiger partial charge on any atom is -0.373 e. The number of aliphatic hydroxyl groups excluding tert-OH is 1. The molecule has 2 aliphatic rings. The third-order valence-corrected chi connectivity index (χ3v) is 7.44. The summed E-state index contributed by atoms with van der Waals surface area (Å²) >= 11 is 1.62. The van der Waals surface area contributed by atoms with E-state index in [2.05, 4.69) is 60.4 Å². The molecule has 3 aromatic rings. The Bertz CT molecular complexity index is 991. The number of nitrogens with zero attached hydrogens (tertiary/aromatic N) is 2. The lowest BCUT2D eigenvalue weighted by atomic mass is 9.83. The summed E-state index contributed by atoms with van der Waals surface area (Å²) in [7, 11) is 0. The number of hydrogen-bond acceptors (Lipinski definition) is 4. The van der Waals surface area contributed by atoms with Gasteiger partial charge in [0.05, 0.1) is 16.8 Å². The van der Waals surface area contributed by atoms with E-state index >= 15 is 0 Å². The zero-order valence-electron chi connectivity index (χ0n) is 15.8. The van der Waals surface area contributed by atoms with Crippen LogP contribution in [0.3, 0.4) is 0 Å². The second-order valence-electron chi connectivity index (χ2n) is 8.01. The molecule has 0 aliphatic heterocycles. The van der Waals surface area contributed by atoms with Gasteiger partial charge in [-0.25, -0.2) is 4.68 Å². The molecule has 2 heterocycles. The molecule has 0 radical (unpaired) electrons.